The number of carbonyl (C=O) groups is 1. The summed E-state index contributed by atoms with van der Waals surface area (Å²) in [5.74, 6) is -0.653. The molecule has 2 atom stereocenters. The minimum absolute atomic E-state index is 0.0510. The molecule has 1 aromatic carbocycles. The highest BCUT2D eigenvalue weighted by molar-refractivity contribution is 5.72. The SMILES string of the molecule is CN(CC1CCC(C(=O)O)O1)c1ccc(O)cc1. The molecule has 0 aliphatic carbocycles. The van der Waals surface area contributed by atoms with Gasteiger partial charge in [0.05, 0.1) is 6.10 Å². The number of anilines is 1. The predicted octanol–water partition coefficient (Wildman–Crippen LogP) is 1.46. The lowest BCUT2D eigenvalue weighted by Crippen LogP contribution is -2.30. The van der Waals surface area contributed by atoms with E-state index >= 15 is 0 Å². The first-order valence-corrected chi connectivity index (χ1v) is 5.94. The van der Waals surface area contributed by atoms with Crippen LogP contribution in [0.1, 0.15) is 12.8 Å². The van der Waals surface area contributed by atoms with Crippen molar-refractivity contribution in [1.82, 2.24) is 0 Å². The Balaban J connectivity index is 1.90. The van der Waals surface area contributed by atoms with Crippen molar-refractivity contribution >= 4 is 11.7 Å². The summed E-state index contributed by atoms with van der Waals surface area (Å²) in [5.41, 5.74) is 0.968. The number of benzene rings is 1. The first-order chi connectivity index (χ1) is 8.56. The second-order valence-electron chi connectivity index (χ2n) is 4.56. The number of carboxylic acids is 1. The lowest BCUT2D eigenvalue weighted by Gasteiger charge is -2.23. The molecule has 1 heterocycles. The van der Waals surface area contributed by atoms with Gasteiger partial charge in [-0.2, -0.15) is 0 Å². The quantitative estimate of drug-likeness (QED) is 0.847. The molecule has 0 amide bonds. The van der Waals surface area contributed by atoms with Gasteiger partial charge >= 0.3 is 5.97 Å². The van der Waals surface area contributed by atoms with E-state index in [4.69, 9.17) is 9.84 Å². The van der Waals surface area contributed by atoms with Crippen LogP contribution in [-0.2, 0) is 9.53 Å². The fourth-order valence-corrected chi connectivity index (χ4v) is 2.14. The van der Waals surface area contributed by atoms with Crippen molar-refractivity contribution in [3.63, 3.8) is 0 Å². The number of phenolic OH excluding ortho intramolecular Hbond substituents is 1. The largest absolute Gasteiger partial charge is 0.508 e. The molecule has 18 heavy (non-hydrogen) atoms. The van der Waals surface area contributed by atoms with Gasteiger partial charge in [-0.05, 0) is 37.1 Å². The molecule has 2 N–H and O–H groups in total. The van der Waals surface area contributed by atoms with Crippen LogP contribution in [-0.4, -0.2) is 42.0 Å². The summed E-state index contributed by atoms with van der Waals surface area (Å²) in [6, 6.07) is 6.89. The molecule has 1 saturated heterocycles. The summed E-state index contributed by atoms with van der Waals surface area (Å²) < 4.78 is 5.45. The Kier molecular flexibility index (Phi) is 3.72. The maximum absolute atomic E-state index is 10.8. The van der Waals surface area contributed by atoms with E-state index in [0.717, 1.165) is 12.1 Å². The first-order valence-electron chi connectivity index (χ1n) is 5.94. The van der Waals surface area contributed by atoms with Crippen molar-refractivity contribution in [3.8, 4) is 5.75 Å². The smallest absolute Gasteiger partial charge is 0.332 e. The van der Waals surface area contributed by atoms with Gasteiger partial charge in [-0.3, -0.25) is 0 Å². The standard InChI is InChI=1S/C13H17NO4/c1-14(9-2-4-10(15)5-3-9)8-11-6-7-12(18-11)13(16)17/h2-5,11-12,15H,6-8H2,1H3,(H,16,17). The van der Waals surface area contributed by atoms with Crippen LogP contribution < -0.4 is 4.90 Å². The number of rotatable bonds is 4. The Morgan fingerprint density at radius 1 is 1.39 bits per heavy atom. The zero-order chi connectivity index (χ0) is 13.1. The summed E-state index contributed by atoms with van der Waals surface area (Å²) in [6.07, 6.45) is 0.621. The van der Waals surface area contributed by atoms with E-state index in [2.05, 4.69) is 0 Å². The zero-order valence-electron chi connectivity index (χ0n) is 10.2. The molecule has 0 saturated carbocycles. The van der Waals surface area contributed by atoms with Crippen LogP contribution in [0.2, 0.25) is 0 Å². The van der Waals surface area contributed by atoms with Gasteiger partial charge < -0.3 is 19.8 Å². The average molecular weight is 251 g/mol. The Hall–Kier alpha value is -1.75. The van der Waals surface area contributed by atoms with Gasteiger partial charge in [0.2, 0.25) is 0 Å². The van der Waals surface area contributed by atoms with Crippen molar-refractivity contribution in [3.05, 3.63) is 24.3 Å². The maximum Gasteiger partial charge on any atom is 0.332 e. The molecule has 1 aliphatic heterocycles. The molecule has 0 radical (unpaired) electrons. The lowest BCUT2D eigenvalue weighted by atomic mass is 10.2. The van der Waals surface area contributed by atoms with Crippen LogP contribution in [0.3, 0.4) is 0 Å². The Labute approximate surface area is 106 Å². The predicted molar refractivity (Wildman–Crippen MR) is 66.9 cm³/mol. The van der Waals surface area contributed by atoms with Crippen LogP contribution in [0.25, 0.3) is 0 Å². The molecule has 2 rings (SSSR count). The Morgan fingerprint density at radius 2 is 2.06 bits per heavy atom. The van der Waals surface area contributed by atoms with Crippen molar-refractivity contribution in [2.45, 2.75) is 25.0 Å². The molecule has 0 bridgehead atoms. The van der Waals surface area contributed by atoms with Gasteiger partial charge in [-0.15, -0.1) is 0 Å². The van der Waals surface area contributed by atoms with Crippen LogP contribution in [0, 0.1) is 0 Å². The highest BCUT2D eigenvalue weighted by Crippen LogP contribution is 2.23. The number of hydrogen-bond donors (Lipinski definition) is 2. The summed E-state index contributed by atoms with van der Waals surface area (Å²) in [5, 5.41) is 18.1. The van der Waals surface area contributed by atoms with E-state index in [9.17, 15) is 9.90 Å². The van der Waals surface area contributed by atoms with Gasteiger partial charge in [0.1, 0.15) is 5.75 Å². The van der Waals surface area contributed by atoms with E-state index < -0.39 is 12.1 Å². The number of aliphatic carboxylic acids is 1. The van der Waals surface area contributed by atoms with Crippen molar-refractivity contribution in [1.29, 1.82) is 0 Å². The van der Waals surface area contributed by atoms with Crippen molar-refractivity contribution < 1.29 is 19.7 Å². The van der Waals surface area contributed by atoms with E-state index in [1.807, 2.05) is 24.1 Å². The lowest BCUT2D eigenvalue weighted by molar-refractivity contribution is -0.149. The Bertz CT molecular complexity index is 418. The fourth-order valence-electron chi connectivity index (χ4n) is 2.14. The van der Waals surface area contributed by atoms with E-state index in [1.165, 1.54) is 0 Å². The van der Waals surface area contributed by atoms with Crippen molar-refractivity contribution in [2.24, 2.45) is 0 Å². The van der Waals surface area contributed by atoms with Gasteiger partial charge in [-0.1, -0.05) is 0 Å². The summed E-state index contributed by atoms with van der Waals surface area (Å²) in [4.78, 5) is 12.8. The Morgan fingerprint density at radius 3 is 2.61 bits per heavy atom. The fraction of sp³-hybridized carbons (Fsp3) is 0.462. The molecule has 1 fully saturated rings. The average Bonchev–Trinajstić information content (AvgIpc) is 2.78. The third kappa shape index (κ3) is 2.92. The molecule has 0 aromatic heterocycles. The number of nitrogens with zero attached hydrogens (tertiary/aromatic N) is 1. The van der Waals surface area contributed by atoms with Crippen LogP contribution >= 0.6 is 0 Å². The number of likely N-dealkylation sites (N-methyl/N-ethyl adjacent to an activating group) is 1. The number of hydrogen-bond acceptors (Lipinski definition) is 4. The van der Waals surface area contributed by atoms with E-state index in [0.29, 0.717) is 13.0 Å². The topological polar surface area (TPSA) is 70.0 Å². The van der Waals surface area contributed by atoms with E-state index in [1.54, 1.807) is 12.1 Å². The van der Waals surface area contributed by atoms with Gasteiger partial charge in [0, 0.05) is 19.3 Å². The summed E-state index contributed by atoms with van der Waals surface area (Å²) in [6.45, 7) is 0.647. The molecule has 5 nitrogen and oxygen atoms in total. The normalized spacial score (nSPS) is 22.9. The second kappa shape index (κ2) is 5.27. The molecule has 5 heteroatoms. The van der Waals surface area contributed by atoms with Crippen LogP contribution in [0.4, 0.5) is 5.69 Å². The minimum Gasteiger partial charge on any atom is -0.508 e. The first kappa shape index (κ1) is 12.7. The highest BCUT2D eigenvalue weighted by atomic mass is 16.5. The molecule has 0 spiro atoms. The zero-order valence-corrected chi connectivity index (χ0v) is 10.2. The number of carboxylic acid groups (broad SMARTS) is 1. The molecule has 98 valence electrons. The number of phenols is 1. The third-order valence-electron chi connectivity index (χ3n) is 3.15. The third-order valence-corrected chi connectivity index (χ3v) is 3.15. The number of ether oxygens (including phenoxy) is 1. The van der Waals surface area contributed by atoms with Crippen LogP contribution in [0.15, 0.2) is 24.3 Å². The summed E-state index contributed by atoms with van der Waals surface area (Å²) in [7, 11) is 1.92. The molecule has 2 unspecified atom stereocenters. The van der Waals surface area contributed by atoms with Crippen molar-refractivity contribution in [2.75, 3.05) is 18.5 Å². The maximum atomic E-state index is 10.8. The van der Waals surface area contributed by atoms with Gasteiger partial charge in [0.25, 0.3) is 0 Å². The van der Waals surface area contributed by atoms with Gasteiger partial charge in [0.15, 0.2) is 6.10 Å². The minimum atomic E-state index is -0.884. The van der Waals surface area contributed by atoms with E-state index in [-0.39, 0.29) is 11.9 Å². The summed E-state index contributed by atoms with van der Waals surface area (Å²) >= 11 is 0. The molecular weight excluding hydrogens is 234 g/mol. The molecule has 1 aromatic rings. The van der Waals surface area contributed by atoms with Crippen LogP contribution in [0.5, 0.6) is 5.75 Å². The number of aromatic hydroxyl groups is 1. The molecule has 1 aliphatic rings. The monoisotopic (exact) mass is 251 g/mol. The second-order valence-corrected chi connectivity index (χ2v) is 4.56. The highest BCUT2D eigenvalue weighted by Gasteiger charge is 2.30. The molecular formula is C13H17NO4. The van der Waals surface area contributed by atoms with Gasteiger partial charge in [-0.25, -0.2) is 4.79 Å².